The van der Waals surface area contributed by atoms with E-state index in [0.29, 0.717) is 24.2 Å². The van der Waals surface area contributed by atoms with Crippen LogP contribution >= 0.6 is 0 Å². The van der Waals surface area contributed by atoms with Crippen molar-refractivity contribution in [2.75, 3.05) is 44.2 Å². The van der Waals surface area contributed by atoms with Gasteiger partial charge in [0.2, 0.25) is 17.6 Å². The molecule has 33 heavy (non-hydrogen) atoms. The molecule has 1 amide bonds. The highest BCUT2D eigenvalue weighted by Crippen LogP contribution is 2.24. The SMILES string of the molecule is Cc1cccc(N2CCN(C(=O)C3CCN(Cc4nc(-c5ccccc5)no4)CC3)CC2)c1. The smallest absolute Gasteiger partial charge is 0.241 e. The summed E-state index contributed by atoms with van der Waals surface area (Å²) in [5, 5.41) is 4.11. The maximum atomic E-state index is 13.1. The lowest BCUT2D eigenvalue weighted by Gasteiger charge is -2.39. The van der Waals surface area contributed by atoms with Gasteiger partial charge in [0.25, 0.3) is 0 Å². The van der Waals surface area contributed by atoms with Crippen LogP contribution in [0.2, 0.25) is 0 Å². The van der Waals surface area contributed by atoms with Crippen molar-refractivity contribution in [3.05, 3.63) is 66.1 Å². The normalized spacial score (nSPS) is 18.0. The first-order valence-corrected chi connectivity index (χ1v) is 11.9. The minimum atomic E-state index is 0.120. The average Bonchev–Trinajstić information content (AvgIpc) is 3.33. The van der Waals surface area contributed by atoms with Gasteiger partial charge in [-0.3, -0.25) is 9.69 Å². The van der Waals surface area contributed by atoms with Crippen LogP contribution in [-0.2, 0) is 11.3 Å². The van der Waals surface area contributed by atoms with Crippen molar-refractivity contribution >= 4 is 11.6 Å². The summed E-state index contributed by atoms with van der Waals surface area (Å²) in [7, 11) is 0. The number of aryl methyl sites for hydroxylation is 1. The van der Waals surface area contributed by atoms with Gasteiger partial charge in [0, 0.05) is 43.3 Å². The largest absolute Gasteiger partial charge is 0.368 e. The van der Waals surface area contributed by atoms with E-state index >= 15 is 0 Å². The van der Waals surface area contributed by atoms with Crippen LogP contribution in [0.1, 0.15) is 24.3 Å². The molecule has 0 radical (unpaired) electrons. The van der Waals surface area contributed by atoms with E-state index in [1.807, 2.05) is 30.3 Å². The van der Waals surface area contributed by atoms with Crippen molar-refractivity contribution in [1.82, 2.24) is 19.9 Å². The highest BCUT2D eigenvalue weighted by Gasteiger charge is 2.31. The Morgan fingerprint density at radius 1 is 0.970 bits per heavy atom. The summed E-state index contributed by atoms with van der Waals surface area (Å²) in [6.45, 7) is 7.91. The van der Waals surface area contributed by atoms with Gasteiger partial charge in [0.15, 0.2) is 0 Å². The lowest BCUT2D eigenvalue weighted by Crippen LogP contribution is -2.51. The van der Waals surface area contributed by atoms with Crippen LogP contribution in [-0.4, -0.2) is 65.1 Å². The van der Waals surface area contributed by atoms with Gasteiger partial charge >= 0.3 is 0 Å². The van der Waals surface area contributed by atoms with E-state index in [4.69, 9.17) is 4.52 Å². The summed E-state index contributed by atoms with van der Waals surface area (Å²) in [6.07, 6.45) is 1.77. The number of piperidine rings is 1. The second-order valence-electron chi connectivity index (χ2n) is 9.08. The molecular weight excluding hydrogens is 414 g/mol. The third kappa shape index (κ3) is 5.09. The number of piperazine rings is 1. The molecule has 0 unspecified atom stereocenters. The van der Waals surface area contributed by atoms with Crippen molar-refractivity contribution in [3.8, 4) is 11.4 Å². The lowest BCUT2D eigenvalue weighted by molar-refractivity contribution is -0.137. The molecule has 1 aromatic heterocycles. The van der Waals surface area contributed by atoms with E-state index in [2.05, 4.69) is 56.0 Å². The maximum absolute atomic E-state index is 13.1. The predicted octanol–water partition coefficient (Wildman–Crippen LogP) is 3.61. The van der Waals surface area contributed by atoms with E-state index in [9.17, 15) is 4.79 Å². The Kier molecular flexibility index (Phi) is 6.39. The Morgan fingerprint density at radius 3 is 2.45 bits per heavy atom. The molecule has 0 saturated carbocycles. The zero-order chi connectivity index (χ0) is 22.6. The summed E-state index contributed by atoms with van der Waals surface area (Å²) in [5.74, 6) is 1.70. The van der Waals surface area contributed by atoms with Crippen molar-refractivity contribution in [2.24, 2.45) is 5.92 Å². The number of benzene rings is 2. The van der Waals surface area contributed by atoms with Gasteiger partial charge in [-0.25, -0.2) is 0 Å². The van der Waals surface area contributed by atoms with Gasteiger partial charge in [0.1, 0.15) is 0 Å². The van der Waals surface area contributed by atoms with Gasteiger partial charge in [-0.05, 0) is 50.6 Å². The van der Waals surface area contributed by atoms with Crippen molar-refractivity contribution in [3.63, 3.8) is 0 Å². The molecule has 172 valence electrons. The fourth-order valence-electron chi connectivity index (χ4n) is 4.82. The van der Waals surface area contributed by atoms with Gasteiger partial charge in [-0.2, -0.15) is 4.98 Å². The van der Waals surface area contributed by atoms with Gasteiger partial charge in [0.05, 0.1) is 6.54 Å². The summed E-state index contributed by atoms with van der Waals surface area (Å²) >= 11 is 0. The van der Waals surface area contributed by atoms with Gasteiger partial charge < -0.3 is 14.3 Å². The van der Waals surface area contributed by atoms with Gasteiger partial charge in [-0.15, -0.1) is 0 Å². The molecule has 0 aliphatic carbocycles. The second-order valence-corrected chi connectivity index (χ2v) is 9.08. The minimum absolute atomic E-state index is 0.120. The molecular formula is C26H31N5O2. The topological polar surface area (TPSA) is 65.7 Å². The molecule has 5 rings (SSSR count). The first-order chi connectivity index (χ1) is 16.2. The summed E-state index contributed by atoms with van der Waals surface area (Å²) in [6, 6.07) is 18.5. The minimum Gasteiger partial charge on any atom is -0.368 e. The lowest BCUT2D eigenvalue weighted by atomic mass is 9.95. The Balaban J connectivity index is 1.09. The molecule has 3 aromatic rings. The Bertz CT molecular complexity index is 1070. The number of anilines is 1. The molecule has 7 nitrogen and oxygen atoms in total. The fraction of sp³-hybridized carbons (Fsp3) is 0.423. The molecule has 3 heterocycles. The first kappa shape index (κ1) is 21.6. The standard InChI is InChI=1S/C26H31N5O2/c1-20-6-5-9-23(18-20)30-14-16-31(17-15-30)26(32)22-10-12-29(13-11-22)19-24-27-25(28-33-24)21-7-3-2-4-8-21/h2-9,18,22H,10-17,19H2,1H3. The number of carbonyl (C=O) groups excluding carboxylic acids is 1. The molecule has 0 atom stereocenters. The molecule has 2 fully saturated rings. The zero-order valence-electron chi connectivity index (χ0n) is 19.2. The summed E-state index contributed by atoms with van der Waals surface area (Å²) in [5.41, 5.74) is 3.49. The van der Waals surface area contributed by atoms with E-state index in [-0.39, 0.29) is 5.92 Å². The zero-order valence-corrected chi connectivity index (χ0v) is 19.2. The fourth-order valence-corrected chi connectivity index (χ4v) is 4.82. The molecule has 2 aliphatic heterocycles. The second kappa shape index (κ2) is 9.75. The number of amides is 1. The van der Waals surface area contributed by atoms with Crippen LogP contribution in [0.4, 0.5) is 5.69 Å². The van der Waals surface area contributed by atoms with E-state index in [1.54, 1.807) is 0 Å². The number of carbonyl (C=O) groups is 1. The number of hydrogen-bond donors (Lipinski definition) is 0. The van der Waals surface area contributed by atoms with Crippen LogP contribution in [0.15, 0.2) is 59.1 Å². The highest BCUT2D eigenvalue weighted by molar-refractivity contribution is 5.79. The van der Waals surface area contributed by atoms with E-state index < -0.39 is 0 Å². The van der Waals surface area contributed by atoms with Crippen LogP contribution in [0, 0.1) is 12.8 Å². The quantitative estimate of drug-likeness (QED) is 0.598. The monoisotopic (exact) mass is 445 g/mol. The molecule has 2 saturated heterocycles. The highest BCUT2D eigenvalue weighted by atomic mass is 16.5. The Hall–Kier alpha value is -3.19. The van der Waals surface area contributed by atoms with Crippen LogP contribution < -0.4 is 4.90 Å². The Labute approximate surface area is 195 Å². The molecule has 2 aromatic carbocycles. The molecule has 2 aliphatic rings. The number of hydrogen-bond acceptors (Lipinski definition) is 6. The van der Waals surface area contributed by atoms with Crippen LogP contribution in [0.25, 0.3) is 11.4 Å². The predicted molar refractivity (Wildman–Crippen MR) is 128 cm³/mol. The van der Waals surface area contributed by atoms with Crippen molar-refractivity contribution < 1.29 is 9.32 Å². The summed E-state index contributed by atoms with van der Waals surface area (Å²) in [4.78, 5) is 24.4. The number of likely N-dealkylation sites (tertiary alicyclic amines) is 1. The van der Waals surface area contributed by atoms with Crippen LogP contribution in [0.5, 0.6) is 0 Å². The summed E-state index contributed by atoms with van der Waals surface area (Å²) < 4.78 is 5.46. The maximum Gasteiger partial charge on any atom is 0.241 e. The Morgan fingerprint density at radius 2 is 1.73 bits per heavy atom. The number of aromatic nitrogens is 2. The van der Waals surface area contributed by atoms with Crippen molar-refractivity contribution in [2.45, 2.75) is 26.3 Å². The molecule has 7 heteroatoms. The van der Waals surface area contributed by atoms with Crippen LogP contribution in [0.3, 0.4) is 0 Å². The third-order valence-electron chi connectivity index (χ3n) is 6.75. The van der Waals surface area contributed by atoms with Crippen molar-refractivity contribution in [1.29, 1.82) is 0 Å². The molecule has 0 spiro atoms. The molecule has 0 bridgehead atoms. The van der Waals surface area contributed by atoms with Gasteiger partial charge in [-0.1, -0.05) is 47.6 Å². The van der Waals surface area contributed by atoms with E-state index in [1.165, 1.54) is 11.3 Å². The van der Waals surface area contributed by atoms with E-state index in [0.717, 1.165) is 57.7 Å². The number of nitrogens with zero attached hydrogens (tertiary/aromatic N) is 5. The number of rotatable bonds is 5. The first-order valence-electron chi connectivity index (χ1n) is 11.9. The third-order valence-corrected chi connectivity index (χ3v) is 6.75. The molecule has 0 N–H and O–H groups in total. The average molecular weight is 446 g/mol.